The Kier molecular flexibility index (Phi) is 5.41. The van der Waals surface area contributed by atoms with Gasteiger partial charge in [0, 0.05) is 12.6 Å². The van der Waals surface area contributed by atoms with Crippen molar-refractivity contribution >= 4 is 0 Å². The summed E-state index contributed by atoms with van der Waals surface area (Å²) in [5.41, 5.74) is 8.35. The second-order valence-electron chi connectivity index (χ2n) is 6.10. The highest BCUT2D eigenvalue weighted by Crippen LogP contribution is 2.28. The molecule has 1 aliphatic carbocycles. The molecule has 0 spiro atoms. The highest BCUT2D eigenvalue weighted by atomic mass is 15.1. The minimum absolute atomic E-state index is 0.735. The lowest BCUT2D eigenvalue weighted by Gasteiger charge is -2.36. The summed E-state index contributed by atoms with van der Waals surface area (Å²) in [6.45, 7) is 4.21. The molecule has 2 atom stereocenters. The van der Waals surface area contributed by atoms with Gasteiger partial charge in [-0.25, -0.2) is 0 Å². The third-order valence-electron chi connectivity index (χ3n) is 4.52. The zero-order valence-corrected chi connectivity index (χ0v) is 12.4. The molecule has 1 fully saturated rings. The van der Waals surface area contributed by atoms with Gasteiger partial charge >= 0.3 is 0 Å². The predicted octanol–water partition coefficient (Wildman–Crippen LogP) is 3.20. The zero-order valence-electron chi connectivity index (χ0n) is 12.4. The van der Waals surface area contributed by atoms with Gasteiger partial charge in [0.1, 0.15) is 0 Å². The third kappa shape index (κ3) is 4.05. The van der Waals surface area contributed by atoms with Gasteiger partial charge < -0.3 is 5.73 Å². The van der Waals surface area contributed by atoms with E-state index >= 15 is 0 Å². The van der Waals surface area contributed by atoms with Crippen LogP contribution in [-0.2, 0) is 13.0 Å². The monoisotopic (exact) mass is 260 g/mol. The van der Waals surface area contributed by atoms with E-state index in [0.29, 0.717) is 0 Å². The Morgan fingerprint density at radius 1 is 1.11 bits per heavy atom. The van der Waals surface area contributed by atoms with Crippen LogP contribution in [0.3, 0.4) is 0 Å². The van der Waals surface area contributed by atoms with Crippen LogP contribution >= 0.6 is 0 Å². The van der Waals surface area contributed by atoms with E-state index in [9.17, 15) is 0 Å². The topological polar surface area (TPSA) is 29.3 Å². The molecule has 1 aromatic carbocycles. The minimum Gasteiger partial charge on any atom is -0.330 e. The Bertz CT molecular complexity index is 371. The standard InChI is InChI=1S/C17H28N2/c1-14-5-3-4-6-17(14)19(2)13-16-9-7-15(8-10-16)11-12-18/h7-10,14,17H,3-6,11-13,18H2,1-2H3. The SMILES string of the molecule is CC1CCCCC1N(C)Cc1ccc(CCN)cc1. The van der Waals surface area contributed by atoms with Gasteiger partial charge in [0.25, 0.3) is 0 Å². The van der Waals surface area contributed by atoms with Gasteiger partial charge in [-0.05, 0) is 49.9 Å². The summed E-state index contributed by atoms with van der Waals surface area (Å²) in [7, 11) is 2.28. The van der Waals surface area contributed by atoms with Crippen molar-refractivity contribution in [2.75, 3.05) is 13.6 Å². The van der Waals surface area contributed by atoms with Crippen molar-refractivity contribution < 1.29 is 0 Å². The Morgan fingerprint density at radius 3 is 2.37 bits per heavy atom. The average Bonchev–Trinajstić information content (AvgIpc) is 2.42. The van der Waals surface area contributed by atoms with Crippen LogP contribution in [0.15, 0.2) is 24.3 Å². The number of rotatable bonds is 5. The summed E-state index contributed by atoms with van der Waals surface area (Å²) >= 11 is 0. The van der Waals surface area contributed by atoms with Crippen LogP contribution in [0.5, 0.6) is 0 Å². The van der Waals surface area contributed by atoms with Gasteiger partial charge in [-0.3, -0.25) is 4.90 Å². The molecule has 0 heterocycles. The second kappa shape index (κ2) is 7.06. The smallest absolute Gasteiger partial charge is 0.0233 e. The van der Waals surface area contributed by atoms with Crippen LogP contribution in [-0.4, -0.2) is 24.5 Å². The minimum atomic E-state index is 0.735. The molecule has 2 nitrogen and oxygen atoms in total. The highest BCUT2D eigenvalue weighted by molar-refractivity contribution is 5.22. The summed E-state index contributed by atoms with van der Waals surface area (Å²) in [4.78, 5) is 2.54. The van der Waals surface area contributed by atoms with Gasteiger partial charge in [-0.15, -0.1) is 0 Å². The number of benzene rings is 1. The van der Waals surface area contributed by atoms with Gasteiger partial charge in [0.15, 0.2) is 0 Å². The summed E-state index contributed by atoms with van der Waals surface area (Å²) in [6.07, 6.45) is 6.55. The van der Waals surface area contributed by atoms with Crippen LogP contribution in [0.4, 0.5) is 0 Å². The van der Waals surface area contributed by atoms with Crippen LogP contribution in [0.25, 0.3) is 0 Å². The molecule has 1 aliphatic rings. The molecule has 1 saturated carbocycles. The molecule has 0 aromatic heterocycles. The van der Waals surface area contributed by atoms with Crippen molar-refractivity contribution in [1.29, 1.82) is 0 Å². The highest BCUT2D eigenvalue weighted by Gasteiger charge is 2.24. The quantitative estimate of drug-likeness (QED) is 0.881. The predicted molar refractivity (Wildman–Crippen MR) is 82.1 cm³/mol. The molecule has 0 saturated heterocycles. The molecule has 2 rings (SSSR count). The van der Waals surface area contributed by atoms with Gasteiger partial charge in [-0.2, -0.15) is 0 Å². The average molecular weight is 260 g/mol. The number of nitrogens with zero attached hydrogens (tertiary/aromatic N) is 1. The van der Waals surface area contributed by atoms with E-state index < -0.39 is 0 Å². The number of nitrogens with two attached hydrogens (primary N) is 1. The molecule has 2 heteroatoms. The van der Waals surface area contributed by atoms with E-state index in [0.717, 1.165) is 31.5 Å². The fraction of sp³-hybridized carbons (Fsp3) is 0.647. The summed E-state index contributed by atoms with van der Waals surface area (Å²) in [5, 5.41) is 0. The Labute approximate surface area is 118 Å². The van der Waals surface area contributed by atoms with Crippen molar-refractivity contribution in [3.05, 3.63) is 35.4 Å². The molecular formula is C17H28N2. The van der Waals surface area contributed by atoms with E-state index in [1.807, 2.05) is 0 Å². The van der Waals surface area contributed by atoms with Crippen LogP contribution in [0, 0.1) is 5.92 Å². The van der Waals surface area contributed by atoms with Crippen LogP contribution in [0.2, 0.25) is 0 Å². The largest absolute Gasteiger partial charge is 0.330 e. The molecule has 2 N–H and O–H groups in total. The van der Waals surface area contributed by atoms with E-state index in [1.54, 1.807) is 0 Å². The van der Waals surface area contributed by atoms with E-state index in [-0.39, 0.29) is 0 Å². The first-order chi connectivity index (χ1) is 9.20. The Morgan fingerprint density at radius 2 is 1.74 bits per heavy atom. The molecular weight excluding hydrogens is 232 g/mol. The normalized spacial score (nSPS) is 23.8. The summed E-state index contributed by atoms with van der Waals surface area (Å²) in [5.74, 6) is 0.843. The van der Waals surface area contributed by atoms with Crippen molar-refractivity contribution in [3.63, 3.8) is 0 Å². The van der Waals surface area contributed by atoms with E-state index in [4.69, 9.17) is 5.73 Å². The lowest BCUT2D eigenvalue weighted by molar-refractivity contribution is 0.133. The number of hydrogen-bond acceptors (Lipinski definition) is 2. The second-order valence-corrected chi connectivity index (χ2v) is 6.10. The van der Waals surface area contributed by atoms with Gasteiger partial charge in [0.05, 0.1) is 0 Å². The fourth-order valence-electron chi connectivity index (χ4n) is 3.33. The lowest BCUT2D eigenvalue weighted by atomic mass is 9.85. The lowest BCUT2D eigenvalue weighted by Crippen LogP contribution is -2.38. The maximum Gasteiger partial charge on any atom is 0.0233 e. The molecule has 0 radical (unpaired) electrons. The van der Waals surface area contributed by atoms with Crippen molar-refractivity contribution in [2.45, 2.75) is 51.6 Å². The zero-order chi connectivity index (χ0) is 13.7. The number of hydrogen-bond donors (Lipinski definition) is 1. The molecule has 0 aliphatic heterocycles. The summed E-state index contributed by atoms with van der Waals surface area (Å²) < 4.78 is 0. The first kappa shape index (κ1) is 14.5. The molecule has 106 valence electrons. The van der Waals surface area contributed by atoms with Crippen molar-refractivity contribution in [2.24, 2.45) is 11.7 Å². The fourth-order valence-corrected chi connectivity index (χ4v) is 3.33. The molecule has 0 bridgehead atoms. The van der Waals surface area contributed by atoms with E-state index in [1.165, 1.54) is 36.8 Å². The first-order valence-electron chi connectivity index (χ1n) is 7.69. The third-order valence-corrected chi connectivity index (χ3v) is 4.52. The van der Waals surface area contributed by atoms with Crippen molar-refractivity contribution in [3.8, 4) is 0 Å². The van der Waals surface area contributed by atoms with Crippen molar-refractivity contribution in [1.82, 2.24) is 4.90 Å². The van der Waals surface area contributed by atoms with Gasteiger partial charge in [-0.1, -0.05) is 44.0 Å². The Balaban J connectivity index is 1.92. The Hall–Kier alpha value is -0.860. The maximum atomic E-state index is 5.58. The molecule has 19 heavy (non-hydrogen) atoms. The molecule has 0 amide bonds. The maximum absolute atomic E-state index is 5.58. The molecule has 2 unspecified atom stereocenters. The molecule has 1 aromatic rings. The van der Waals surface area contributed by atoms with E-state index in [2.05, 4.69) is 43.1 Å². The van der Waals surface area contributed by atoms with Gasteiger partial charge in [0.2, 0.25) is 0 Å². The summed E-state index contributed by atoms with van der Waals surface area (Å²) in [6, 6.07) is 9.72. The first-order valence-corrected chi connectivity index (χ1v) is 7.69. The van der Waals surface area contributed by atoms with Crippen LogP contribution < -0.4 is 5.73 Å². The van der Waals surface area contributed by atoms with Crippen LogP contribution in [0.1, 0.15) is 43.7 Å².